The molecule has 1 aromatic rings. The molecule has 0 aliphatic rings. The molecule has 2 N–H and O–H groups in total. The highest BCUT2D eigenvalue weighted by atomic mass is 16.4. The van der Waals surface area contributed by atoms with Gasteiger partial charge in [-0.25, -0.2) is 9.97 Å². The third kappa shape index (κ3) is 4.37. The van der Waals surface area contributed by atoms with Crippen molar-refractivity contribution in [3.8, 4) is 6.07 Å². The third-order valence-corrected chi connectivity index (χ3v) is 1.89. The maximum Gasteiger partial charge on any atom is 0.303 e. The summed E-state index contributed by atoms with van der Waals surface area (Å²) < 4.78 is 0. The Morgan fingerprint density at radius 1 is 1.44 bits per heavy atom. The minimum Gasteiger partial charge on any atom is -0.481 e. The lowest BCUT2D eigenvalue weighted by molar-refractivity contribution is -0.137. The number of nitrogens with one attached hydrogen (secondary N) is 1. The summed E-state index contributed by atoms with van der Waals surface area (Å²) in [5.41, 5.74) is 0.274. The monoisotopic (exact) mass is 220 g/mol. The molecule has 1 heterocycles. The zero-order chi connectivity index (χ0) is 11.8. The largest absolute Gasteiger partial charge is 0.481 e. The number of anilines is 1. The van der Waals surface area contributed by atoms with E-state index in [2.05, 4.69) is 15.3 Å². The topological polar surface area (TPSA) is 98.9 Å². The van der Waals surface area contributed by atoms with Crippen molar-refractivity contribution in [2.45, 2.75) is 19.3 Å². The van der Waals surface area contributed by atoms with E-state index in [1.165, 1.54) is 12.4 Å². The number of unbranched alkanes of at least 4 members (excludes halogenated alkanes) is 1. The summed E-state index contributed by atoms with van der Waals surface area (Å²) in [5.74, 6) is -0.188. The minimum absolute atomic E-state index is 0.181. The van der Waals surface area contributed by atoms with Gasteiger partial charge in [0.15, 0.2) is 5.69 Å². The number of nitrogens with zero attached hydrogens (tertiary/aromatic N) is 3. The lowest BCUT2D eigenvalue weighted by atomic mass is 10.2. The van der Waals surface area contributed by atoms with Gasteiger partial charge in [0, 0.05) is 13.0 Å². The van der Waals surface area contributed by atoms with Gasteiger partial charge in [-0.2, -0.15) is 5.26 Å². The number of carboxylic acids is 1. The Labute approximate surface area is 93.0 Å². The number of hydrogen-bond acceptors (Lipinski definition) is 5. The van der Waals surface area contributed by atoms with E-state index >= 15 is 0 Å². The van der Waals surface area contributed by atoms with Crippen molar-refractivity contribution in [3.63, 3.8) is 0 Å². The Morgan fingerprint density at radius 2 is 2.25 bits per heavy atom. The Hall–Kier alpha value is -2.16. The van der Waals surface area contributed by atoms with Crippen molar-refractivity contribution < 1.29 is 9.90 Å². The molecule has 84 valence electrons. The summed E-state index contributed by atoms with van der Waals surface area (Å²) in [6, 6.07) is 1.88. The number of hydrogen-bond donors (Lipinski definition) is 2. The third-order valence-electron chi connectivity index (χ3n) is 1.89. The first-order valence-corrected chi connectivity index (χ1v) is 4.90. The molecule has 0 amide bonds. The first-order valence-electron chi connectivity index (χ1n) is 4.90. The summed E-state index contributed by atoms with van der Waals surface area (Å²) in [4.78, 5) is 18.0. The van der Waals surface area contributed by atoms with Gasteiger partial charge in [-0.1, -0.05) is 0 Å². The Balaban J connectivity index is 2.22. The van der Waals surface area contributed by atoms with Crippen LogP contribution in [0, 0.1) is 11.3 Å². The summed E-state index contributed by atoms with van der Waals surface area (Å²) in [5, 5.41) is 19.9. The second-order valence-electron chi connectivity index (χ2n) is 3.18. The highest BCUT2D eigenvalue weighted by Gasteiger charge is 1.98. The van der Waals surface area contributed by atoms with Crippen LogP contribution < -0.4 is 5.32 Å². The minimum atomic E-state index is -0.779. The summed E-state index contributed by atoms with van der Waals surface area (Å²) in [7, 11) is 0. The van der Waals surface area contributed by atoms with E-state index in [0.717, 1.165) is 6.42 Å². The average molecular weight is 220 g/mol. The van der Waals surface area contributed by atoms with Crippen molar-refractivity contribution in [1.82, 2.24) is 9.97 Å². The van der Waals surface area contributed by atoms with Crippen LogP contribution in [0.4, 0.5) is 5.82 Å². The molecule has 0 aliphatic heterocycles. The molecular weight excluding hydrogens is 208 g/mol. The molecule has 0 bridgehead atoms. The number of nitriles is 1. The van der Waals surface area contributed by atoms with Crippen LogP contribution in [-0.4, -0.2) is 27.6 Å². The zero-order valence-electron chi connectivity index (χ0n) is 8.68. The van der Waals surface area contributed by atoms with Crippen LogP contribution in [0.5, 0.6) is 0 Å². The number of aliphatic carboxylic acids is 1. The van der Waals surface area contributed by atoms with Gasteiger partial charge >= 0.3 is 5.97 Å². The molecule has 1 aromatic heterocycles. The van der Waals surface area contributed by atoms with Gasteiger partial charge in [0.25, 0.3) is 0 Å². The van der Waals surface area contributed by atoms with E-state index in [0.29, 0.717) is 18.8 Å². The Morgan fingerprint density at radius 3 is 2.81 bits per heavy atom. The average Bonchev–Trinajstić information content (AvgIpc) is 2.29. The quantitative estimate of drug-likeness (QED) is 0.694. The molecule has 0 atom stereocenters. The molecular formula is C10H12N4O2. The molecule has 6 nitrogen and oxygen atoms in total. The van der Waals surface area contributed by atoms with E-state index in [-0.39, 0.29) is 12.1 Å². The predicted molar refractivity (Wildman–Crippen MR) is 56.7 cm³/mol. The summed E-state index contributed by atoms with van der Waals surface area (Å²) in [6.45, 7) is 0.647. The SMILES string of the molecule is N#Cc1cnc(NCCCCC(=O)O)cn1. The molecule has 0 aromatic carbocycles. The molecule has 1 rings (SSSR count). The van der Waals surface area contributed by atoms with Crippen molar-refractivity contribution in [2.24, 2.45) is 0 Å². The molecule has 16 heavy (non-hydrogen) atoms. The highest BCUT2D eigenvalue weighted by molar-refractivity contribution is 5.66. The van der Waals surface area contributed by atoms with Crippen molar-refractivity contribution >= 4 is 11.8 Å². The zero-order valence-corrected chi connectivity index (χ0v) is 8.68. The lowest BCUT2D eigenvalue weighted by Gasteiger charge is -2.03. The van der Waals surface area contributed by atoms with Crippen LogP contribution in [0.25, 0.3) is 0 Å². The maximum absolute atomic E-state index is 10.2. The van der Waals surface area contributed by atoms with Gasteiger partial charge in [-0.3, -0.25) is 4.79 Å². The second kappa shape index (κ2) is 6.35. The molecule has 0 saturated heterocycles. The van der Waals surface area contributed by atoms with Crippen LogP contribution in [-0.2, 0) is 4.79 Å². The molecule has 0 aliphatic carbocycles. The Kier molecular flexibility index (Phi) is 4.73. The molecule has 6 heteroatoms. The fraction of sp³-hybridized carbons (Fsp3) is 0.400. The standard InChI is InChI=1S/C10H12N4O2/c11-5-8-6-14-9(7-13-8)12-4-2-1-3-10(15)16/h6-7H,1-4H2,(H,12,14)(H,15,16). The highest BCUT2D eigenvalue weighted by Crippen LogP contribution is 2.01. The normalized spacial score (nSPS) is 9.44. The van der Waals surface area contributed by atoms with E-state index < -0.39 is 5.97 Å². The van der Waals surface area contributed by atoms with Gasteiger partial charge in [-0.15, -0.1) is 0 Å². The fourth-order valence-electron chi connectivity index (χ4n) is 1.09. The van der Waals surface area contributed by atoms with Crippen LogP contribution in [0.2, 0.25) is 0 Å². The molecule has 0 saturated carbocycles. The molecule has 0 fully saturated rings. The van der Waals surface area contributed by atoms with E-state index in [1.807, 2.05) is 6.07 Å². The van der Waals surface area contributed by atoms with Crippen molar-refractivity contribution in [1.29, 1.82) is 5.26 Å². The smallest absolute Gasteiger partial charge is 0.303 e. The number of carboxylic acid groups (broad SMARTS) is 1. The van der Waals surface area contributed by atoms with Crippen molar-refractivity contribution in [2.75, 3.05) is 11.9 Å². The van der Waals surface area contributed by atoms with Crippen LogP contribution in [0.1, 0.15) is 25.0 Å². The van der Waals surface area contributed by atoms with Gasteiger partial charge in [0.1, 0.15) is 11.9 Å². The van der Waals surface area contributed by atoms with Crippen LogP contribution in [0.3, 0.4) is 0 Å². The molecule has 0 spiro atoms. The van der Waals surface area contributed by atoms with Gasteiger partial charge in [0.05, 0.1) is 12.4 Å². The van der Waals surface area contributed by atoms with Crippen molar-refractivity contribution in [3.05, 3.63) is 18.1 Å². The number of aromatic nitrogens is 2. The first kappa shape index (κ1) is 11.9. The summed E-state index contributed by atoms with van der Waals surface area (Å²) >= 11 is 0. The first-order chi connectivity index (χ1) is 7.72. The van der Waals surface area contributed by atoms with E-state index in [9.17, 15) is 4.79 Å². The maximum atomic E-state index is 10.2. The van der Waals surface area contributed by atoms with Gasteiger partial charge in [-0.05, 0) is 12.8 Å². The number of carbonyl (C=O) groups is 1. The van der Waals surface area contributed by atoms with Gasteiger partial charge in [0.2, 0.25) is 0 Å². The molecule has 0 unspecified atom stereocenters. The number of rotatable bonds is 6. The summed E-state index contributed by atoms with van der Waals surface area (Å²) in [6.07, 6.45) is 4.44. The van der Waals surface area contributed by atoms with Crippen LogP contribution in [0.15, 0.2) is 12.4 Å². The molecule has 0 radical (unpaired) electrons. The second-order valence-corrected chi connectivity index (χ2v) is 3.18. The van der Waals surface area contributed by atoms with Crippen LogP contribution >= 0.6 is 0 Å². The van der Waals surface area contributed by atoms with E-state index in [1.54, 1.807) is 0 Å². The lowest BCUT2D eigenvalue weighted by Crippen LogP contribution is -2.05. The predicted octanol–water partition coefficient (Wildman–Crippen LogP) is 1.02. The van der Waals surface area contributed by atoms with Gasteiger partial charge < -0.3 is 10.4 Å². The fourth-order valence-corrected chi connectivity index (χ4v) is 1.09. The Bertz CT molecular complexity index is 383. The van der Waals surface area contributed by atoms with E-state index in [4.69, 9.17) is 10.4 Å².